The van der Waals surface area contributed by atoms with Crippen LogP contribution in [0.15, 0.2) is 48.5 Å². The van der Waals surface area contributed by atoms with Crippen molar-refractivity contribution in [3.05, 3.63) is 59.7 Å². The van der Waals surface area contributed by atoms with Crippen molar-refractivity contribution in [3.8, 4) is 0 Å². The highest BCUT2D eigenvalue weighted by Gasteiger charge is 2.35. The van der Waals surface area contributed by atoms with Crippen molar-refractivity contribution < 1.29 is 9.59 Å². The second-order valence-electron chi connectivity index (χ2n) is 7.90. The van der Waals surface area contributed by atoms with E-state index in [9.17, 15) is 9.59 Å². The number of aryl methyl sites for hydroxylation is 1. The number of anilines is 2. The summed E-state index contributed by atoms with van der Waals surface area (Å²) in [5.74, 6) is 0.881. The number of hydrogen-bond donors (Lipinski definition) is 1. The van der Waals surface area contributed by atoms with Gasteiger partial charge in [0.2, 0.25) is 11.8 Å². The van der Waals surface area contributed by atoms with E-state index in [-0.39, 0.29) is 23.1 Å². The van der Waals surface area contributed by atoms with Crippen molar-refractivity contribution >= 4 is 35.0 Å². The monoisotopic (exact) mass is 408 g/mol. The number of rotatable bonds is 6. The summed E-state index contributed by atoms with van der Waals surface area (Å²) in [4.78, 5) is 27.2. The fourth-order valence-corrected chi connectivity index (χ4v) is 5.52. The minimum atomic E-state index is -0.0659. The highest BCUT2D eigenvalue weighted by molar-refractivity contribution is 8.00. The van der Waals surface area contributed by atoms with Gasteiger partial charge in [0, 0.05) is 17.3 Å². The van der Waals surface area contributed by atoms with Crippen molar-refractivity contribution in [1.82, 2.24) is 0 Å². The molecule has 2 aromatic rings. The van der Waals surface area contributed by atoms with Crippen molar-refractivity contribution in [2.24, 2.45) is 5.92 Å². The van der Waals surface area contributed by atoms with Crippen molar-refractivity contribution in [2.45, 2.75) is 50.8 Å². The lowest BCUT2D eigenvalue weighted by Crippen LogP contribution is -2.29. The zero-order chi connectivity index (χ0) is 20.2. The topological polar surface area (TPSA) is 49.4 Å². The van der Waals surface area contributed by atoms with Crippen molar-refractivity contribution in [3.63, 3.8) is 0 Å². The number of carbonyl (C=O) groups is 2. The highest BCUT2D eigenvalue weighted by Crippen LogP contribution is 2.43. The van der Waals surface area contributed by atoms with Crippen LogP contribution in [0.3, 0.4) is 0 Å². The zero-order valence-corrected chi connectivity index (χ0v) is 17.7. The molecule has 29 heavy (non-hydrogen) atoms. The first kappa shape index (κ1) is 20.0. The molecule has 0 aromatic heterocycles. The van der Waals surface area contributed by atoms with Gasteiger partial charge < -0.3 is 5.32 Å². The molecule has 2 amide bonds. The van der Waals surface area contributed by atoms with E-state index in [0.29, 0.717) is 5.75 Å². The molecule has 1 aliphatic carbocycles. The maximum absolute atomic E-state index is 12.8. The summed E-state index contributed by atoms with van der Waals surface area (Å²) in [5, 5.41) is 3.03. The number of para-hydroxylation sites is 1. The maximum Gasteiger partial charge on any atom is 0.238 e. The third-order valence-electron chi connectivity index (χ3n) is 5.80. The summed E-state index contributed by atoms with van der Waals surface area (Å²) < 4.78 is 0. The van der Waals surface area contributed by atoms with E-state index in [4.69, 9.17) is 0 Å². The summed E-state index contributed by atoms with van der Waals surface area (Å²) in [7, 11) is 0. The Bertz CT molecular complexity index is 892. The van der Waals surface area contributed by atoms with Gasteiger partial charge in [-0.15, -0.1) is 11.8 Å². The molecule has 1 unspecified atom stereocenters. The van der Waals surface area contributed by atoms with Gasteiger partial charge in [0.05, 0.1) is 5.75 Å². The first-order valence-corrected chi connectivity index (χ1v) is 11.6. The Kier molecular flexibility index (Phi) is 6.24. The molecule has 1 saturated heterocycles. The molecule has 5 heteroatoms. The second-order valence-corrected chi connectivity index (χ2v) is 8.97. The number of nitrogens with one attached hydrogen (secondary N) is 1. The highest BCUT2D eigenvalue weighted by atomic mass is 32.2. The Hall–Kier alpha value is -2.27. The van der Waals surface area contributed by atoms with E-state index in [1.54, 1.807) is 11.8 Å². The number of amides is 2. The van der Waals surface area contributed by atoms with E-state index in [1.165, 1.54) is 5.56 Å². The van der Waals surface area contributed by atoms with Gasteiger partial charge in [-0.25, -0.2) is 0 Å². The fourth-order valence-electron chi connectivity index (χ4n) is 4.36. The minimum Gasteiger partial charge on any atom is -0.326 e. The largest absolute Gasteiger partial charge is 0.326 e. The van der Waals surface area contributed by atoms with Crippen molar-refractivity contribution in [1.29, 1.82) is 0 Å². The van der Waals surface area contributed by atoms with Crippen LogP contribution in [0.25, 0.3) is 0 Å². The number of benzene rings is 2. The Balaban J connectivity index is 1.58. The Morgan fingerprint density at radius 3 is 2.72 bits per heavy atom. The van der Waals surface area contributed by atoms with Gasteiger partial charge in [0.15, 0.2) is 0 Å². The molecular weight excluding hydrogens is 380 g/mol. The van der Waals surface area contributed by atoms with E-state index >= 15 is 0 Å². The first-order chi connectivity index (χ1) is 14.2. The van der Waals surface area contributed by atoms with Gasteiger partial charge in [-0.1, -0.05) is 56.5 Å². The van der Waals surface area contributed by atoms with Crippen LogP contribution < -0.4 is 10.2 Å². The molecule has 0 spiro atoms. The molecule has 4 rings (SSSR count). The van der Waals surface area contributed by atoms with E-state index in [2.05, 4.69) is 24.4 Å². The zero-order valence-electron chi connectivity index (χ0n) is 16.9. The lowest BCUT2D eigenvalue weighted by molar-refractivity contribution is -0.119. The van der Waals surface area contributed by atoms with Crippen LogP contribution in [0.5, 0.6) is 0 Å². The Labute approximate surface area is 177 Å². The molecule has 1 N–H and O–H groups in total. The lowest BCUT2D eigenvalue weighted by Gasteiger charge is -2.27. The predicted molar refractivity (Wildman–Crippen MR) is 120 cm³/mol. The Morgan fingerprint density at radius 1 is 1.14 bits per heavy atom. The average Bonchev–Trinajstić information content (AvgIpc) is 3.39. The average molecular weight is 409 g/mol. The summed E-state index contributed by atoms with van der Waals surface area (Å²) in [6, 6.07) is 16.2. The van der Waals surface area contributed by atoms with Gasteiger partial charge in [-0.2, -0.15) is 0 Å². The second kappa shape index (κ2) is 9.04. The minimum absolute atomic E-state index is 0.0659. The summed E-state index contributed by atoms with van der Waals surface area (Å²) in [6.45, 7) is 2.16. The quantitative estimate of drug-likeness (QED) is 0.682. The van der Waals surface area contributed by atoms with Crippen LogP contribution in [0.1, 0.15) is 55.5 Å². The molecule has 2 fully saturated rings. The third kappa shape index (κ3) is 4.35. The SMILES string of the molecule is CCCc1ccccc1N1C(=O)CSC1c1cccc(NC(=O)C2CCCC2)c1. The third-order valence-corrected chi connectivity index (χ3v) is 7.02. The molecule has 2 aromatic carbocycles. The van der Waals surface area contributed by atoms with E-state index in [0.717, 1.165) is 55.5 Å². The van der Waals surface area contributed by atoms with Gasteiger partial charge >= 0.3 is 0 Å². The number of thioether (sulfide) groups is 1. The maximum atomic E-state index is 12.8. The first-order valence-electron chi connectivity index (χ1n) is 10.6. The summed E-state index contributed by atoms with van der Waals surface area (Å²) >= 11 is 1.65. The fraction of sp³-hybridized carbons (Fsp3) is 0.417. The number of nitrogens with zero attached hydrogens (tertiary/aromatic N) is 1. The smallest absolute Gasteiger partial charge is 0.238 e. The van der Waals surface area contributed by atoms with Crippen LogP contribution >= 0.6 is 11.8 Å². The lowest BCUT2D eigenvalue weighted by atomic mass is 10.1. The molecule has 152 valence electrons. The normalized spacial score (nSPS) is 19.7. The van der Waals surface area contributed by atoms with Crippen LogP contribution in [0.4, 0.5) is 11.4 Å². The molecule has 0 bridgehead atoms. The standard InChI is InChI=1S/C24H28N2O2S/c1-2-8-17-9-5-6-14-21(17)26-22(27)16-29-24(26)19-12-7-13-20(15-19)25-23(28)18-10-3-4-11-18/h5-7,9,12-15,18,24H,2-4,8,10-11,16H2,1H3,(H,25,28). The van der Waals surface area contributed by atoms with Crippen LogP contribution in [0.2, 0.25) is 0 Å². The molecule has 1 atom stereocenters. The summed E-state index contributed by atoms with van der Waals surface area (Å²) in [5.41, 5.74) is 4.09. The molecule has 0 radical (unpaired) electrons. The molecule has 4 nitrogen and oxygen atoms in total. The molecule has 1 aliphatic heterocycles. The van der Waals surface area contributed by atoms with Crippen LogP contribution in [0, 0.1) is 5.92 Å². The number of hydrogen-bond acceptors (Lipinski definition) is 3. The summed E-state index contributed by atoms with van der Waals surface area (Å²) in [6.07, 6.45) is 6.26. The predicted octanol–water partition coefficient (Wildman–Crippen LogP) is 5.55. The van der Waals surface area contributed by atoms with Crippen molar-refractivity contribution in [2.75, 3.05) is 16.0 Å². The van der Waals surface area contributed by atoms with E-state index < -0.39 is 0 Å². The van der Waals surface area contributed by atoms with Crippen LogP contribution in [-0.2, 0) is 16.0 Å². The molecule has 2 aliphatic rings. The molecule has 1 heterocycles. The molecular formula is C24H28N2O2S. The van der Waals surface area contributed by atoms with E-state index in [1.807, 2.05) is 41.3 Å². The van der Waals surface area contributed by atoms with Gasteiger partial charge in [-0.05, 0) is 48.6 Å². The molecule has 1 saturated carbocycles. The van der Waals surface area contributed by atoms with Gasteiger partial charge in [-0.3, -0.25) is 14.5 Å². The van der Waals surface area contributed by atoms with Gasteiger partial charge in [0.25, 0.3) is 0 Å². The number of carbonyl (C=O) groups excluding carboxylic acids is 2. The Morgan fingerprint density at radius 2 is 1.93 bits per heavy atom. The van der Waals surface area contributed by atoms with Crippen LogP contribution in [-0.4, -0.2) is 17.6 Å². The van der Waals surface area contributed by atoms with Gasteiger partial charge in [0.1, 0.15) is 5.37 Å².